The molecule has 1 heterocycles. The molecule has 0 spiro atoms. The third-order valence-electron chi connectivity index (χ3n) is 2.78. The van der Waals surface area contributed by atoms with Crippen LogP contribution in [0.15, 0.2) is 30.3 Å². The summed E-state index contributed by atoms with van der Waals surface area (Å²) in [5.41, 5.74) is 5.03. The lowest BCUT2D eigenvalue weighted by Gasteiger charge is -2.38. The van der Waals surface area contributed by atoms with Crippen LogP contribution in [0, 0.1) is 0 Å². The normalized spacial score (nSPS) is 30.6. The number of carbonyl (C=O) groups is 1. The van der Waals surface area contributed by atoms with Crippen molar-refractivity contribution in [2.45, 2.75) is 24.5 Å². The number of benzene rings is 1. The predicted molar refractivity (Wildman–Crippen MR) is 65.3 cm³/mol. The Hall–Kier alpha value is -1.83. The quantitative estimate of drug-likeness (QED) is 0.572. The number of carbonyl (C=O) groups excluding carboxylic acids is 1. The predicted octanol–water partition coefficient (Wildman–Crippen LogP) is -0.820. The fourth-order valence-electron chi connectivity index (χ4n) is 1.85. The second kappa shape index (κ2) is 5.87. The molecule has 19 heavy (non-hydrogen) atoms. The third-order valence-corrected chi connectivity index (χ3v) is 2.78. The van der Waals surface area contributed by atoms with Crippen molar-refractivity contribution in [3.05, 3.63) is 30.3 Å². The average Bonchev–Trinajstić information content (AvgIpc) is 2.39. The van der Waals surface area contributed by atoms with Crippen molar-refractivity contribution < 1.29 is 24.5 Å². The zero-order valence-electron chi connectivity index (χ0n) is 10.1. The third kappa shape index (κ3) is 3.34. The minimum atomic E-state index is -1.19. The molecule has 0 aliphatic carbocycles. The number of hydrogen-bond donors (Lipinski definition) is 4. The minimum absolute atomic E-state index is 0.110. The maximum Gasteiger partial charge on any atom is 0.314 e. The highest BCUT2D eigenvalue weighted by Gasteiger charge is 2.41. The van der Waals surface area contributed by atoms with E-state index in [0.717, 1.165) is 0 Å². The minimum Gasteiger partial charge on any atom is -0.483 e. The molecule has 5 N–H and O–H groups in total. The molecule has 0 radical (unpaired) electrons. The molecule has 0 bridgehead atoms. The Morgan fingerprint density at radius 3 is 2.68 bits per heavy atom. The summed E-state index contributed by atoms with van der Waals surface area (Å²) in [6.45, 7) is -0.110. The monoisotopic (exact) mass is 268 g/mol. The van der Waals surface area contributed by atoms with E-state index in [1.165, 1.54) is 0 Å². The Morgan fingerprint density at radius 2 is 2.05 bits per heavy atom. The van der Waals surface area contributed by atoms with Gasteiger partial charge in [-0.1, -0.05) is 18.2 Å². The summed E-state index contributed by atoms with van der Waals surface area (Å²) in [5.74, 6) is 0.487. The smallest absolute Gasteiger partial charge is 0.314 e. The van der Waals surface area contributed by atoms with Crippen LogP contribution in [0.5, 0.6) is 5.75 Å². The van der Waals surface area contributed by atoms with Crippen LogP contribution in [0.1, 0.15) is 0 Å². The summed E-state index contributed by atoms with van der Waals surface area (Å²) < 4.78 is 10.8. The van der Waals surface area contributed by atoms with Crippen molar-refractivity contribution in [3.63, 3.8) is 0 Å². The van der Waals surface area contributed by atoms with Gasteiger partial charge in [0.2, 0.25) is 0 Å². The topological polar surface area (TPSA) is 114 Å². The summed E-state index contributed by atoms with van der Waals surface area (Å²) in [4.78, 5) is 10.9. The van der Waals surface area contributed by atoms with E-state index < -0.39 is 30.6 Å². The zero-order chi connectivity index (χ0) is 13.8. The molecule has 2 rings (SSSR count). The number of aliphatic hydroxyl groups is 2. The number of hydrogen-bond acceptors (Lipinski definition) is 5. The molecule has 1 unspecified atom stereocenters. The van der Waals surface area contributed by atoms with Crippen molar-refractivity contribution in [3.8, 4) is 5.75 Å². The van der Waals surface area contributed by atoms with Crippen molar-refractivity contribution in [1.29, 1.82) is 0 Å². The lowest BCUT2D eigenvalue weighted by molar-refractivity contribution is -0.183. The molecule has 1 saturated heterocycles. The van der Waals surface area contributed by atoms with E-state index in [-0.39, 0.29) is 6.61 Å². The van der Waals surface area contributed by atoms with Crippen LogP contribution in [0.2, 0.25) is 0 Å². The molecular weight excluding hydrogens is 252 g/mol. The Balaban J connectivity index is 2.12. The molecule has 2 amide bonds. The number of primary amides is 1. The van der Waals surface area contributed by atoms with Crippen LogP contribution in [-0.2, 0) is 4.74 Å². The molecule has 104 valence electrons. The number of nitrogens with two attached hydrogens (primary N) is 1. The molecule has 1 fully saturated rings. The van der Waals surface area contributed by atoms with Gasteiger partial charge in [-0.15, -0.1) is 0 Å². The fourth-order valence-corrected chi connectivity index (χ4v) is 1.85. The maximum atomic E-state index is 10.9. The number of aliphatic hydroxyl groups excluding tert-OH is 2. The zero-order valence-corrected chi connectivity index (χ0v) is 10.1. The fraction of sp³-hybridized carbons (Fsp3) is 0.417. The van der Waals surface area contributed by atoms with E-state index in [9.17, 15) is 15.0 Å². The number of ether oxygens (including phenoxy) is 2. The highest BCUT2D eigenvalue weighted by molar-refractivity contribution is 5.71. The van der Waals surface area contributed by atoms with Gasteiger partial charge in [0.05, 0.1) is 6.61 Å². The van der Waals surface area contributed by atoms with Gasteiger partial charge in [-0.25, -0.2) is 4.79 Å². The molecule has 0 aromatic heterocycles. The van der Waals surface area contributed by atoms with Gasteiger partial charge in [-0.05, 0) is 12.1 Å². The first-order chi connectivity index (χ1) is 9.08. The summed E-state index contributed by atoms with van der Waals surface area (Å²) >= 11 is 0. The van der Waals surface area contributed by atoms with Crippen molar-refractivity contribution >= 4 is 6.03 Å². The largest absolute Gasteiger partial charge is 0.483 e. The van der Waals surface area contributed by atoms with E-state index in [1.54, 1.807) is 24.3 Å². The van der Waals surface area contributed by atoms with Gasteiger partial charge in [-0.2, -0.15) is 0 Å². The van der Waals surface area contributed by atoms with Gasteiger partial charge < -0.3 is 30.7 Å². The Kier molecular flexibility index (Phi) is 4.20. The van der Waals surface area contributed by atoms with Crippen LogP contribution in [-0.4, -0.2) is 47.4 Å². The van der Waals surface area contributed by atoms with Gasteiger partial charge in [-0.3, -0.25) is 0 Å². The number of para-hydroxylation sites is 1. The van der Waals surface area contributed by atoms with E-state index in [0.29, 0.717) is 5.75 Å². The average molecular weight is 268 g/mol. The van der Waals surface area contributed by atoms with Crippen molar-refractivity contribution in [1.82, 2.24) is 5.32 Å². The van der Waals surface area contributed by atoms with E-state index in [1.807, 2.05) is 6.07 Å². The Morgan fingerprint density at radius 1 is 1.37 bits per heavy atom. The molecule has 0 saturated carbocycles. The van der Waals surface area contributed by atoms with E-state index in [4.69, 9.17) is 15.2 Å². The SMILES string of the molecule is NC(=O)NC1OC[C@@H](O)[C@H](O)[C@H]1Oc1ccccc1. The van der Waals surface area contributed by atoms with Crippen LogP contribution < -0.4 is 15.8 Å². The molecule has 1 aliphatic heterocycles. The van der Waals surface area contributed by atoms with Crippen LogP contribution in [0.4, 0.5) is 4.79 Å². The summed E-state index contributed by atoms with van der Waals surface area (Å²) in [7, 11) is 0. The number of amides is 2. The first-order valence-electron chi connectivity index (χ1n) is 5.83. The van der Waals surface area contributed by atoms with E-state index >= 15 is 0 Å². The number of urea groups is 1. The molecule has 7 heteroatoms. The molecule has 1 aromatic carbocycles. The Bertz CT molecular complexity index is 427. The number of rotatable bonds is 3. The van der Waals surface area contributed by atoms with Crippen LogP contribution in [0.3, 0.4) is 0 Å². The van der Waals surface area contributed by atoms with Crippen LogP contribution >= 0.6 is 0 Å². The van der Waals surface area contributed by atoms with Crippen molar-refractivity contribution in [2.24, 2.45) is 5.73 Å². The standard InChI is InChI=1S/C12H16N2O5/c13-12(17)14-11-10(9(16)8(15)6-18-11)19-7-4-2-1-3-5-7/h1-5,8-11,15-16H,6H2,(H3,13,14,17)/t8-,9+,10-,11?/m1/s1. The van der Waals surface area contributed by atoms with Gasteiger partial charge in [0.15, 0.2) is 12.3 Å². The van der Waals surface area contributed by atoms with E-state index in [2.05, 4.69) is 5.32 Å². The van der Waals surface area contributed by atoms with Gasteiger partial charge in [0.1, 0.15) is 18.0 Å². The lowest BCUT2D eigenvalue weighted by Crippen LogP contribution is -2.61. The summed E-state index contributed by atoms with van der Waals surface area (Å²) in [6.07, 6.45) is -4.14. The maximum absolute atomic E-state index is 10.9. The van der Waals surface area contributed by atoms with Gasteiger partial charge in [0, 0.05) is 0 Å². The molecule has 1 aliphatic rings. The first kappa shape index (κ1) is 13.6. The first-order valence-corrected chi connectivity index (χ1v) is 5.83. The summed E-state index contributed by atoms with van der Waals surface area (Å²) in [5, 5.41) is 21.8. The molecule has 7 nitrogen and oxygen atoms in total. The van der Waals surface area contributed by atoms with Crippen molar-refractivity contribution in [2.75, 3.05) is 6.61 Å². The molecule has 1 aromatic rings. The molecule has 4 atom stereocenters. The molecular formula is C12H16N2O5. The van der Waals surface area contributed by atoms with Crippen LogP contribution in [0.25, 0.3) is 0 Å². The van der Waals surface area contributed by atoms with Gasteiger partial charge in [0.25, 0.3) is 0 Å². The number of nitrogens with one attached hydrogen (secondary N) is 1. The second-order valence-electron chi connectivity index (χ2n) is 4.22. The van der Waals surface area contributed by atoms with Gasteiger partial charge >= 0.3 is 6.03 Å². The lowest BCUT2D eigenvalue weighted by atomic mass is 10.0. The second-order valence-corrected chi connectivity index (χ2v) is 4.22. The highest BCUT2D eigenvalue weighted by atomic mass is 16.6. The Labute approximate surface area is 109 Å². The highest BCUT2D eigenvalue weighted by Crippen LogP contribution is 2.20. The summed E-state index contributed by atoms with van der Waals surface area (Å²) in [6, 6.07) is 7.92.